The highest BCUT2D eigenvalue weighted by Gasteiger charge is 2.30. The third kappa shape index (κ3) is 4.60. The number of sulfonamides is 1. The normalized spacial score (nSPS) is 18.9. The summed E-state index contributed by atoms with van der Waals surface area (Å²) in [4.78, 5) is 19.0. The fourth-order valence-electron chi connectivity index (χ4n) is 5.52. The van der Waals surface area contributed by atoms with Gasteiger partial charge in [0, 0.05) is 51.3 Å². The van der Waals surface area contributed by atoms with E-state index in [9.17, 15) is 8.42 Å². The van der Waals surface area contributed by atoms with Crippen molar-refractivity contribution < 1.29 is 8.42 Å². The van der Waals surface area contributed by atoms with E-state index in [-0.39, 0.29) is 6.04 Å². The minimum absolute atomic E-state index is 0.284. The van der Waals surface area contributed by atoms with Crippen LogP contribution in [0.15, 0.2) is 72.0 Å². The fourth-order valence-corrected chi connectivity index (χ4v) is 6.96. The third-order valence-electron chi connectivity index (χ3n) is 7.42. The van der Waals surface area contributed by atoms with E-state index in [0.29, 0.717) is 37.6 Å². The number of hydrogen-bond donors (Lipinski definition) is 0. The lowest BCUT2D eigenvalue weighted by Gasteiger charge is -2.34. The van der Waals surface area contributed by atoms with Gasteiger partial charge in [0.15, 0.2) is 0 Å². The molecular formula is C27H31N7O2S. The Hall–Kier alpha value is -3.34. The predicted octanol–water partition coefficient (Wildman–Crippen LogP) is 3.14. The van der Waals surface area contributed by atoms with Crippen LogP contribution in [0.5, 0.6) is 0 Å². The number of pyridine rings is 1. The summed E-state index contributed by atoms with van der Waals surface area (Å²) in [6.45, 7) is 2.67. The van der Waals surface area contributed by atoms with Crippen LogP contribution >= 0.6 is 0 Å². The number of nitrogens with zero attached hydrogens (tertiary/aromatic N) is 7. The van der Waals surface area contributed by atoms with Gasteiger partial charge >= 0.3 is 0 Å². The monoisotopic (exact) mass is 517 g/mol. The van der Waals surface area contributed by atoms with Crippen molar-refractivity contribution in [1.29, 1.82) is 0 Å². The van der Waals surface area contributed by atoms with Gasteiger partial charge in [0.1, 0.15) is 5.65 Å². The molecule has 4 aromatic rings. The second-order valence-corrected chi connectivity index (χ2v) is 11.7. The predicted molar refractivity (Wildman–Crippen MR) is 142 cm³/mol. The molecule has 1 saturated heterocycles. The Kier molecular flexibility index (Phi) is 6.39. The molecule has 0 spiro atoms. The number of imidazole rings is 1. The molecule has 0 amide bonds. The Bertz CT molecular complexity index is 1500. The van der Waals surface area contributed by atoms with Crippen molar-refractivity contribution in [3.8, 4) is 0 Å². The highest BCUT2D eigenvalue weighted by atomic mass is 32.2. The molecule has 0 bridgehead atoms. The van der Waals surface area contributed by atoms with E-state index in [2.05, 4.69) is 34.1 Å². The number of rotatable bonds is 6. The first-order valence-electron chi connectivity index (χ1n) is 12.8. The Labute approximate surface area is 217 Å². The Morgan fingerprint density at radius 2 is 1.78 bits per heavy atom. The van der Waals surface area contributed by atoms with E-state index in [1.54, 1.807) is 34.8 Å². The van der Waals surface area contributed by atoms with Crippen LogP contribution in [0, 0.1) is 0 Å². The van der Waals surface area contributed by atoms with Gasteiger partial charge < -0.3 is 4.90 Å². The Morgan fingerprint density at radius 3 is 2.59 bits per heavy atom. The maximum atomic E-state index is 13.0. The number of piperazine rings is 1. The first-order valence-corrected chi connectivity index (χ1v) is 14.2. The molecule has 10 heteroatoms. The summed E-state index contributed by atoms with van der Waals surface area (Å²) in [7, 11) is -1.35. The highest BCUT2D eigenvalue weighted by Crippen LogP contribution is 2.32. The van der Waals surface area contributed by atoms with Crippen LogP contribution < -0.4 is 4.90 Å². The van der Waals surface area contributed by atoms with E-state index in [4.69, 9.17) is 9.97 Å². The number of anilines is 1. The molecule has 4 heterocycles. The van der Waals surface area contributed by atoms with Crippen molar-refractivity contribution in [3.05, 3.63) is 84.1 Å². The molecule has 37 heavy (non-hydrogen) atoms. The molecule has 0 N–H and O–H groups in total. The molecule has 9 nitrogen and oxygen atoms in total. The Balaban J connectivity index is 1.18. The summed E-state index contributed by atoms with van der Waals surface area (Å²) in [5, 5.41) is 0. The first-order chi connectivity index (χ1) is 18.0. The second-order valence-electron chi connectivity index (χ2n) is 9.78. The summed E-state index contributed by atoms with van der Waals surface area (Å²) >= 11 is 0. The Morgan fingerprint density at radius 1 is 0.973 bits per heavy atom. The van der Waals surface area contributed by atoms with Crippen molar-refractivity contribution in [2.75, 3.05) is 38.1 Å². The molecule has 0 saturated carbocycles. The number of hydrogen-bond acceptors (Lipinski definition) is 7. The van der Waals surface area contributed by atoms with E-state index in [1.807, 2.05) is 28.8 Å². The lowest BCUT2D eigenvalue weighted by atomic mass is 9.91. The summed E-state index contributed by atoms with van der Waals surface area (Å²) in [5.74, 6) is 0.792. The third-order valence-corrected chi connectivity index (χ3v) is 9.34. The van der Waals surface area contributed by atoms with Crippen molar-refractivity contribution >= 4 is 21.6 Å². The molecule has 1 aromatic carbocycles. The highest BCUT2D eigenvalue weighted by molar-refractivity contribution is 7.89. The average molecular weight is 518 g/mol. The molecule has 6 rings (SSSR count). The zero-order valence-electron chi connectivity index (χ0n) is 20.9. The van der Waals surface area contributed by atoms with E-state index in [0.717, 1.165) is 30.1 Å². The first kappa shape index (κ1) is 24.0. The lowest BCUT2D eigenvalue weighted by Crippen LogP contribution is -2.49. The minimum atomic E-state index is -3.50. The molecule has 0 radical (unpaired) electrons. The van der Waals surface area contributed by atoms with Crippen LogP contribution in [-0.2, 0) is 23.0 Å². The molecule has 192 valence electrons. The van der Waals surface area contributed by atoms with Gasteiger partial charge in [-0.2, -0.15) is 4.31 Å². The molecule has 1 aliphatic carbocycles. The van der Waals surface area contributed by atoms with Crippen molar-refractivity contribution in [2.45, 2.75) is 36.7 Å². The zero-order valence-corrected chi connectivity index (χ0v) is 21.8. The molecule has 2 aliphatic rings. The largest absolute Gasteiger partial charge is 0.339 e. The van der Waals surface area contributed by atoms with Gasteiger partial charge in [-0.15, -0.1) is 0 Å². The maximum absolute atomic E-state index is 13.0. The summed E-state index contributed by atoms with van der Waals surface area (Å²) in [5.41, 5.74) is 4.35. The zero-order chi connectivity index (χ0) is 25.4. The van der Waals surface area contributed by atoms with E-state index < -0.39 is 10.0 Å². The number of aryl methyl sites for hydroxylation is 1. The van der Waals surface area contributed by atoms with Gasteiger partial charge in [0.05, 0.1) is 22.3 Å². The second kappa shape index (κ2) is 9.85. The van der Waals surface area contributed by atoms with Gasteiger partial charge in [-0.25, -0.2) is 18.4 Å². The van der Waals surface area contributed by atoms with Gasteiger partial charge in [0.25, 0.3) is 0 Å². The fraction of sp³-hybridized carbons (Fsp3) is 0.370. The van der Waals surface area contributed by atoms with Gasteiger partial charge in [-0.3, -0.25) is 14.3 Å². The maximum Gasteiger partial charge on any atom is 0.243 e. The SMILES string of the molecule is CN(Cc1cn2c(N3CCN(S(=O)(=O)c4ccccc4)CC3)nccc2n1)[C@H]1CCCc2cccnc21. The van der Waals surface area contributed by atoms with E-state index in [1.165, 1.54) is 17.7 Å². The van der Waals surface area contributed by atoms with Crippen LogP contribution in [0.2, 0.25) is 0 Å². The molecule has 1 atom stereocenters. The van der Waals surface area contributed by atoms with Crippen LogP contribution in [0.1, 0.15) is 35.8 Å². The van der Waals surface area contributed by atoms with Crippen LogP contribution in [0.4, 0.5) is 5.95 Å². The van der Waals surface area contributed by atoms with Gasteiger partial charge in [-0.1, -0.05) is 24.3 Å². The molecule has 3 aromatic heterocycles. The van der Waals surface area contributed by atoms with Crippen LogP contribution in [0.3, 0.4) is 0 Å². The van der Waals surface area contributed by atoms with Gasteiger partial charge in [-0.05, 0) is 56.1 Å². The minimum Gasteiger partial charge on any atom is -0.339 e. The topological polar surface area (TPSA) is 86.9 Å². The molecule has 1 aliphatic heterocycles. The smallest absolute Gasteiger partial charge is 0.243 e. The molecule has 1 fully saturated rings. The van der Waals surface area contributed by atoms with Crippen molar-refractivity contribution in [1.82, 2.24) is 28.6 Å². The number of aromatic nitrogens is 4. The van der Waals surface area contributed by atoms with Crippen LogP contribution in [-0.4, -0.2) is 70.2 Å². The number of benzene rings is 1. The lowest BCUT2D eigenvalue weighted by molar-refractivity contribution is 0.206. The summed E-state index contributed by atoms with van der Waals surface area (Å²) < 4.78 is 29.6. The summed E-state index contributed by atoms with van der Waals surface area (Å²) in [6.07, 6.45) is 9.08. The van der Waals surface area contributed by atoms with Gasteiger partial charge in [0.2, 0.25) is 16.0 Å². The van der Waals surface area contributed by atoms with E-state index >= 15 is 0 Å². The quantitative estimate of drug-likeness (QED) is 0.388. The average Bonchev–Trinajstić information content (AvgIpc) is 3.36. The summed E-state index contributed by atoms with van der Waals surface area (Å²) in [6, 6.07) is 15.0. The molecular weight excluding hydrogens is 486 g/mol. The van der Waals surface area contributed by atoms with Crippen molar-refractivity contribution in [2.24, 2.45) is 0 Å². The van der Waals surface area contributed by atoms with Crippen LogP contribution in [0.25, 0.3) is 5.65 Å². The van der Waals surface area contributed by atoms with Crippen molar-refractivity contribution in [3.63, 3.8) is 0 Å². The standard InChI is InChI=1S/C27H31N7O2S/c1-31(24-11-5-7-21-8-6-13-28-26(21)24)19-22-20-34-25(30-22)12-14-29-27(34)32-15-17-33(18-16-32)37(35,36)23-9-3-2-4-10-23/h2-4,6,8-10,12-14,20,24H,5,7,11,15-19H2,1H3/t24-/m0/s1. The molecule has 0 unspecified atom stereocenters. The number of fused-ring (bicyclic) bond motifs is 2.